The first-order valence-corrected chi connectivity index (χ1v) is 11.8. The van der Waals surface area contributed by atoms with Gasteiger partial charge in [0.05, 0.1) is 0 Å². The van der Waals surface area contributed by atoms with E-state index in [-0.39, 0.29) is 5.91 Å². The molecule has 0 saturated carbocycles. The fraction of sp³-hybridized carbons (Fsp3) is 0.286. The first-order chi connectivity index (χ1) is 16.1. The van der Waals surface area contributed by atoms with Crippen molar-refractivity contribution in [3.8, 4) is 0 Å². The minimum absolute atomic E-state index is 0.0118. The molecule has 1 aliphatic rings. The highest BCUT2D eigenvalue weighted by Gasteiger charge is 2.20. The van der Waals surface area contributed by atoms with Crippen molar-refractivity contribution >= 4 is 28.7 Å². The van der Waals surface area contributed by atoms with Crippen LogP contribution >= 0.6 is 0 Å². The Morgan fingerprint density at radius 3 is 2.39 bits per heavy atom. The fourth-order valence-electron chi connectivity index (χ4n) is 4.27. The SMILES string of the molecule is CCc1ccc(C2=C(C(=O)Nc3ccc(NCCc4cccc(N)n4)cc3)CCCC2)cc1. The predicted molar refractivity (Wildman–Crippen MR) is 137 cm³/mol. The van der Waals surface area contributed by atoms with E-state index >= 15 is 0 Å². The number of nitrogen functional groups attached to an aromatic ring is 1. The molecule has 1 amide bonds. The standard InChI is InChI=1S/C28H32N4O/c1-2-20-10-12-21(13-11-20)25-7-3-4-8-26(25)28(33)32-24-16-14-22(15-17-24)30-19-18-23-6-5-9-27(29)31-23/h5-6,9-17,30H,2-4,7-8,18-19H2,1H3,(H2,29,31)(H,32,33). The summed E-state index contributed by atoms with van der Waals surface area (Å²) in [6, 6.07) is 22.2. The lowest BCUT2D eigenvalue weighted by molar-refractivity contribution is -0.113. The Morgan fingerprint density at radius 1 is 0.939 bits per heavy atom. The number of pyridine rings is 1. The van der Waals surface area contributed by atoms with Gasteiger partial charge in [0.15, 0.2) is 0 Å². The lowest BCUT2D eigenvalue weighted by Gasteiger charge is -2.20. The summed E-state index contributed by atoms with van der Waals surface area (Å²) in [5.41, 5.74) is 13.1. The molecular formula is C28H32N4O. The second-order valence-electron chi connectivity index (χ2n) is 8.48. The number of nitrogens with one attached hydrogen (secondary N) is 2. The lowest BCUT2D eigenvalue weighted by atomic mass is 9.86. The van der Waals surface area contributed by atoms with Crippen molar-refractivity contribution < 1.29 is 4.79 Å². The molecule has 4 N–H and O–H groups in total. The summed E-state index contributed by atoms with van der Waals surface area (Å²) in [5.74, 6) is 0.555. The molecule has 3 aromatic rings. The van der Waals surface area contributed by atoms with E-state index in [1.54, 1.807) is 6.07 Å². The minimum atomic E-state index is 0.0118. The Balaban J connectivity index is 1.38. The molecule has 0 atom stereocenters. The Labute approximate surface area is 196 Å². The van der Waals surface area contributed by atoms with Gasteiger partial charge in [0.1, 0.15) is 5.82 Å². The second kappa shape index (κ2) is 10.8. The number of nitrogens with zero attached hydrogens (tertiary/aromatic N) is 1. The Bertz CT molecular complexity index is 1120. The molecule has 5 nitrogen and oxygen atoms in total. The zero-order valence-electron chi connectivity index (χ0n) is 19.2. The molecule has 1 aliphatic carbocycles. The molecule has 4 rings (SSSR count). The van der Waals surface area contributed by atoms with Crippen LogP contribution in [0.15, 0.2) is 72.3 Å². The van der Waals surface area contributed by atoms with Crippen LogP contribution in [0.25, 0.3) is 5.57 Å². The summed E-state index contributed by atoms with van der Waals surface area (Å²) in [6.45, 7) is 2.92. The summed E-state index contributed by atoms with van der Waals surface area (Å²) < 4.78 is 0. The first-order valence-electron chi connectivity index (χ1n) is 11.8. The van der Waals surface area contributed by atoms with E-state index in [2.05, 4.69) is 46.8 Å². The number of anilines is 3. The topological polar surface area (TPSA) is 80.0 Å². The predicted octanol–water partition coefficient (Wildman–Crippen LogP) is 5.85. The van der Waals surface area contributed by atoms with Crippen molar-refractivity contribution in [1.29, 1.82) is 0 Å². The minimum Gasteiger partial charge on any atom is -0.385 e. The average molecular weight is 441 g/mol. The number of rotatable bonds is 8. The van der Waals surface area contributed by atoms with Crippen LogP contribution in [0.5, 0.6) is 0 Å². The van der Waals surface area contributed by atoms with Crippen LogP contribution in [0, 0.1) is 0 Å². The zero-order chi connectivity index (χ0) is 23.0. The highest BCUT2D eigenvalue weighted by Crippen LogP contribution is 2.33. The van der Waals surface area contributed by atoms with E-state index in [1.165, 1.54) is 16.7 Å². The maximum Gasteiger partial charge on any atom is 0.251 e. The van der Waals surface area contributed by atoms with Crippen LogP contribution in [0.3, 0.4) is 0 Å². The van der Waals surface area contributed by atoms with Gasteiger partial charge in [0.25, 0.3) is 5.91 Å². The van der Waals surface area contributed by atoms with Gasteiger partial charge in [-0.15, -0.1) is 0 Å². The number of carbonyl (C=O) groups is 1. The Hall–Kier alpha value is -3.60. The van der Waals surface area contributed by atoms with Gasteiger partial charge in [-0.1, -0.05) is 37.3 Å². The van der Waals surface area contributed by atoms with Crippen molar-refractivity contribution in [2.45, 2.75) is 45.4 Å². The van der Waals surface area contributed by atoms with Crippen molar-refractivity contribution in [3.05, 3.63) is 89.1 Å². The van der Waals surface area contributed by atoms with Crippen LogP contribution in [0.4, 0.5) is 17.2 Å². The van der Waals surface area contributed by atoms with Gasteiger partial charge in [-0.25, -0.2) is 4.98 Å². The molecule has 0 radical (unpaired) electrons. The van der Waals surface area contributed by atoms with Crippen LogP contribution in [-0.2, 0) is 17.6 Å². The van der Waals surface area contributed by atoms with E-state index in [0.717, 1.165) is 67.7 Å². The molecule has 1 heterocycles. The summed E-state index contributed by atoms with van der Waals surface area (Å²) >= 11 is 0. The van der Waals surface area contributed by atoms with Gasteiger partial charge in [0, 0.05) is 35.6 Å². The Kier molecular flexibility index (Phi) is 7.40. The van der Waals surface area contributed by atoms with E-state index in [0.29, 0.717) is 5.82 Å². The molecular weight excluding hydrogens is 408 g/mol. The van der Waals surface area contributed by atoms with Crippen LogP contribution < -0.4 is 16.4 Å². The van der Waals surface area contributed by atoms with Crippen molar-refractivity contribution in [2.75, 3.05) is 22.9 Å². The smallest absolute Gasteiger partial charge is 0.251 e. The molecule has 5 heteroatoms. The normalized spacial score (nSPS) is 13.6. The lowest BCUT2D eigenvalue weighted by Crippen LogP contribution is -2.18. The van der Waals surface area contributed by atoms with Gasteiger partial charge >= 0.3 is 0 Å². The van der Waals surface area contributed by atoms with Gasteiger partial charge < -0.3 is 16.4 Å². The molecule has 33 heavy (non-hydrogen) atoms. The molecule has 0 spiro atoms. The zero-order valence-corrected chi connectivity index (χ0v) is 19.2. The number of nitrogens with two attached hydrogens (primary N) is 1. The van der Waals surface area contributed by atoms with Crippen molar-refractivity contribution in [1.82, 2.24) is 4.98 Å². The third-order valence-electron chi connectivity index (χ3n) is 6.13. The van der Waals surface area contributed by atoms with Crippen LogP contribution in [0.2, 0.25) is 0 Å². The second-order valence-corrected chi connectivity index (χ2v) is 8.48. The largest absolute Gasteiger partial charge is 0.385 e. The summed E-state index contributed by atoms with van der Waals surface area (Å²) in [6.07, 6.45) is 5.79. The number of hydrogen-bond donors (Lipinski definition) is 3. The third-order valence-corrected chi connectivity index (χ3v) is 6.13. The highest BCUT2D eigenvalue weighted by atomic mass is 16.1. The van der Waals surface area contributed by atoms with Crippen molar-refractivity contribution in [3.63, 3.8) is 0 Å². The molecule has 2 aromatic carbocycles. The molecule has 0 fully saturated rings. The molecule has 0 unspecified atom stereocenters. The summed E-state index contributed by atoms with van der Waals surface area (Å²) in [4.78, 5) is 17.4. The molecule has 0 saturated heterocycles. The fourth-order valence-corrected chi connectivity index (χ4v) is 4.27. The van der Waals surface area contributed by atoms with Crippen LogP contribution in [0.1, 0.15) is 49.4 Å². The molecule has 0 bridgehead atoms. The number of carbonyl (C=O) groups excluding carboxylic acids is 1. The van der Waals surface area contributed by atoms with E-state index in [1.807, 2.05) is 36.4 Å². The van der Waals surface area contributed by atoms with Gasteiger partial charge in [-0.3, -0.25) is 4.79 Å². The maximum absolute atomic E-state index is 13.1. The number of aromatic nitrogens is 1. The first kappa shape index (κ1) is 22.6. The summed E-state index contributed by atoms with van der Waals surface area (Å²) in [7, 11) is 0. The molecule has 170 valence electrons. The number of allylic oxidation sites excluding steroid dienone is 1. The van der Waals surface area contributed by atoms with E-state index in [4.69, 9.17) is 5.73 Å². The molecule has 1 aromatic heterocycles. The van der Waals surface area contributed by atoms with Gasteiger partial charge in [0.2, 0.25) is 0 Å². The van der Waals surface area contributed by atoms with E-state index in [9.17, 15) is 4.79 Å². The van der Waals surface area contributed by atoms with Gasteiger partial charge in [-0.05, 0) is 85.2 Å². The van der Waals surface area contributed by atoms with Crippen molar-refractivity contribution in [2.24, 2.45) is 0 Å². The number of amides is 1. The van der Waals surface area contributed by atoms with E-state index < -0.39 is 0 Å². The average Bonchev–Trinajstić information content (AvgIpc) is 2.85. The Morgan fingerprint density at radius 2 is 1.67 bits per heavy atom. The highest BCUT2D eigenvalue weighted by molar-refractivity contribution is 6.09. The third kappa shape index (κ3) is 6.01. The number of benzene rings is 2. The quantitative estimate of drug-likeness (QED) is 0.411. The monoisotopic (exact) mass is 440 g/mol. The number of hydrogen-bond acceptors (Lipinski definition) is 4. The van der Waals surface area contributed by atoms with Gasteiger partial charge in [-0.2, -0.15) is 0 Å². The summed E-state index contributed by atoms with van der Waals surface area (Å²) in [5, 5.41) is 6.49. The molecule has 0 aliphatic heterocycles. The maximum atomic E-state index is 13.1. The number of aryl methyl sites for hydroxylation is 1. The van der Waals surface area contributed by atoms with Crippen LogP contribution in [-0.4, -0.2) is 17.4 Å².